The molecule has 164 valence electrons. The molecule has 3 rings (SSSR count). The Bertz CT molecular complexity index is 1040. The lowest BCUT2D eigenvalue weighted by Gasteiger charge is -2.09. The van der Waals surface area contributed by atoms with E-state index in [0.29, 0.717) is 18.0 Å². The number of aryl methyl sites for hydroxylation is 3. The van der Waals surface area contributed by atoms with Gasteiger partial charge in [-0.3, -0.25) is 9.48 Å². The Morgan fingerprint density at radius 3 is 2.39 bits per heavy atom. The average Bonchev–Trinajstić information content (AvgIpc) is 2.97. The van der Waals surface area contributed by atoms with Gasteiger partial charge < -0.3 is 10.1 Å². The summed E-state index contributed by atoms with van der Waals surface area (Å²) < 4.78 is 44.8. The van der Waals surface area contributed by atoms with Crippen LogP contribution < -0.4 is 10.1 Å². The molecule has 0 spiro atoms. The highest BCUT2D eigenvalue weighted by molar-refractivity contribution is 5.94. The molecule has 1 aromatic carbocycles. The number of aromatic nitrogens is 3. The largest absolute Gasteiger partial charge is 0.439 e. The number of carbonyl (C=O) groups is 1. The molecule has 0 saturated heterocycles. The summed E-state index contributed by atoms with van der Waals surface area (Å²) >= 11 is 0. The van der Waals surface area contributed by atoms with E-state index in [0.717, 1.165) is 41.9 Å². The smallest absolute Gasteiger partial charge is 0.417 e. The van der Waals surface area contributed by atoms with Gasteiger partial charge in [-0.05, 0) is 50.5 Å². The van der Waals surface area contributed by atoms with E-state index < -0.39 is 11.7 Å². The number of carbonyl (C=O) groups excluding carboxylic acids is 1. The van der Waals surface area contributed by atoms with Crippen LogP contribution in [0.3, 0.4) is 0 Å². The Kier molecular flexibility index (Phi) is 6.62. The van der Waals surface area contributed by atoms with Crippen LogP contribution in [0.5, 0.6) is 11.6 Å². The maximum atomic E-state index is 12.6. The second-order valence-electron chi connectivity index (χ2n) is 7.17. The number of nitrogens with one attached hydrogen (secondary N) is 1. The van der Waals surface area contributed by atoms with Crippen molar-refractivity contribution in [2.24, 2.45) is 7.05 Å². The van der Waals surface area contributed by atoms with Gasteiger partial charge in [0.25, 0.3) is 5.91 Å². The maximum Gasteiger partial charge on any atom is 0.417 e. The minimum atomic E-state index is -4.43. The number of halogens is 3. The van der Waals surface area contributed by atoms with E-state index in [9.17, 15) is 18.0 Å². The highest BCUT2D eigenvalue weighted by Crippen LogP contribution is 2.30. The monoisotopic (exact) mass is 432 g/mol. The van der Waals surface area contributed by atoms with Gasteiger partial charge in [0.05, 0.1) is 11.3 Å². The van der Waals surface area contributed by atoms with Crippen molar-refractivity contribution in [3.63, 3.8) is 0 Å². The van der Waals surface area contributed by atoms with E-state index >= 15 is 0 Å². The fourth-order valence-electron chi connectivity index (χ4n) is 3.11. The number of nitrogens with zero attached hydrogens (tertiary/aromatic N) is 3. The van der Waals surface area contributed by atoms with Crippen LogP contribution in [0.15, 0.2) is 42.6 Å². The van der Waals surface area contributed by atoms with Crippen molar-refractivity contribution < 1.29 is 22.7 Å². The van der Waals surface area contributed by atoms with Crippen molar-refractivity contribution >= 4 is 5.91 Å². The standard InChI is InChI=1S/C22H23F3N4O2/c1-14-15(2)28-29(3)20(14)21(30)26-12-4-5-16-6-9-18(10-7-16)31-19-11-8-17(13-27-19)22(23,24)25/h6-11,13H,4-5,12H2,1-3H3,(H,26,30). The molecule has 2 heterocycles. The van der Waals surface area contributed by atoms with Crippen LogP contribution in [-0.4, -0.2) is 27.2 Å². The van der Waals surface area contributed by atoms with Crippen molar-refractivity contribution in [3.8, 4) is 11.6 Å². The van der Waals surface area contributed by atoms with Gasteiger partial charge in [-0.25, -0.2) is 4.98 Å². The molecule has 0 aliphatic heterocycles. The first kappa shape index (κ1) is 22.3. The predicted molar refractivity (Wildman–Crippen MR) is 109 cm³/mol. The summed E-state index contributed by atoms with van der Waals surface area (Å²) in [5.41, 5.74) is 2.50. The fourth-order valence-corrected chi connectivity index (χ4v) is 3.11. The molecule has 0 aliphatic rings. The van der Waals surface area contributed by atoms with Crippen LogP contribution in [0.25, 0.3) is 0 Å². The number of hydrogen-bond donors (Lipinski definition) is 1. The maximum absolute atomic E-state index is 12.6. The molecule has 6 nitrogen and oxygen atoms in total. The van der Waals surface area contributed by atoms with Gasteiger partial charge in [0.15, 0.2) is 0 Å². The van der Waals surface area contributed by atoms with Crippen molar-refractivity contribution in [2.45, 2.75) is 32.9 Å². The first-order valence-corrected chi connectivity index (χ1v) is 9.73. The highest BCUT2D eigenvalue weighted by Gasteiger charge is 2.30. The number of hydrogen-bond acceptors (Lipinski definition) is 4. The Morgan fingerprint density at radius 2 is 1.84 bits per heavy atom. The topological polar surface area (TPSA) is 69.0 Å². The molecular weight excluding hydrogens is 409 g/mol. The molecule has 1 N–H and O–H groups in total. The molecule has 2 aromatic heterocycles. The van der Waals surface area contributed by atoms with Crippen LogP contribution in [-0.2, 0) is 19.6 Å². The Balaban J connectivity index is 1.47. The van der Waals surface area contributed by atoms with E-state index in [2.05, 4.69) is 15.4 Å². The first-order chi connectivity index (χ1) is 14.6. The van der Waals surface area contributed by atoms with Crippen LogP contribution in [0.4, 0.5) is 13.2 Å². The Hall–Kier alpha value is -3.36. The number of rotatable bonds is 7. The molecule has 31 heavy (non-hydrogen) atoms. The van der Waals surface area contributed by atoms with Crippen molar-refractivity contribution in [2.75, 3.05) is 6.54 Å². The van der Waals surface area contributed by atoms with Gasteiger partial charge in [0.2, 0.25) is 5.88 Å². The van der Waals surface area contributed by atoms with Crippen LogP contribution >= 0.6 is 0 Å². The van der Waals surface area contributed by atoms with E-state index in [-0.39, 0.29) is 11.8 Å². The van der Waals surface area contributed by atoms with Crippen LogP contribution in [0, 0.1) is 13.8 Å². The number of benzene rings is 1. The van der Waals surface area contributed by atoms with E-state index in [1.54, 1.807) is 23.9 Å². The summed E-state index contributed by atoms with van der Waals surface area (Å²) in [7, 11) is 1.75. The van der Waals surface area contributed by atoms with Gasteiger partial charge >= 0.3 is 6.18 Å². The SMILES string of the molecule is Cc1nn(C)c(C(=O)NCCCc2ccc(Oc3ccc(C(F)(F)F)cn3)cc2)c1C. The molecule has 0 atom stereocenters. The lowest BCUT2D eigenvalue weighted by atomic mass is 10.1. The van der Waals surface area contributed by atoms with E-state index in [1.165, 1.54) is 6.07 Å². The van der Waals surface area contributed by atoms with Crippen LogP contribution in [0.2, 0.25) is 0 Å². The second kappa shape index (κ2) is 9.20. The molecule has 0 saturated carbocycles. The third-order valence-electron chi connectivity index (χ3n) is 4.87. The lowest BCUT2D eigenvalue weighted by molar-refractivity contribution is -0.137. The predicted octanol–water partition coefficient (Wildman–Crippen LogP) is 4.61. The molecule has 0 fully saturated rings. The summed E-state index contributed by atoms with van der Waals surface area (Å²) in [4.78, 5) is 16.0. The van der Waals surface area contributed by atoms with Gasteiger partial charge in [-0.2, -0.15) is 18.3 Å². The van der Waals surface area contributed by atoms with E-state index in [1.807, 2.05) is 26.0 Å². The molecule has 0 unspecified atom stereocenters. The fraction of sp³-hybridized carbons (Fsp3) is 0.318. The molecule has 0 radical (unpaired) electrons. The summed E-state index contributed by atoms with van der Waals surface area (Å²) in [6, 6.07) is 9.32. The lowest BCUT2D eigenvalue weighted by Crippen LogP contribution is -2.27. The second-order valence-corrected chi connectivity index (χ2v) is 7.17. The quantitative estimate of drug-likeness (QED) is 0.554. The molecule has 0 bridgehead atoms. The summed E-state index contributed by atoms with van der Waals surface area (Å²) in [5.74, 6) is 0.420. The van der Waals surface area contributed by atoms with Gasteiger partial charge in [-0.1, -0.05) is 12.1 Å². The minimum Gasteiger partial charge on any atom is -0.439 e. The minimum absolute atomic E-state index is 0.0872. The van der Waals surface area contributed by atoms with Crippen molar-refractivity contribution in [3.05, 3.63) is 70.7 Å². The zero-order chi connectivity index (χ0) is 22.6. The van der Waals surface area contributed by atoms with Gasteiger partial charge in [0.1, 0.15) is 11.4 Å². The summed E-state index contributed by atoms with van der Waals surface area (Å²) in [6.45, 7) is 4.27. The Morgan fingerprint density at radius 1 is 1.13 bits per heavy atom. The van der Waals surface area contributed by atoms with E-state index in [4.69, 9.17) is 4.74 Å². The Labute approximate surface area is 178 Å². The third kappa shape index (κ3) is 5.62. The van der Waals surface area contributed by atoms with Gasteiger partial charge in [-0.15, -0.1) is 0 Å². The zero-order valence-corrected chi connectivity index (χ0v) is 17.5. The van der Waals surface area contributed by atoms with Crippen molar-refractivity contribution in [1.82, 2.24) is 20.1 Å². The number of amides is 1. The summed E-state index contributed by atoms with van der Waals surface area (Å²) in [6.07, 6.45) is -2.18. The highest BCUT2D eigenvalue weighted by atomic mass is 19.4. The molecule has 9 heteroatoms. The zero-order valence-electron chi connectivity index (χ0n) is 17.5. The number of ether oxygens (including phenoxy) is 1. The summed E-state index contributed by atoms with van der Waals surface area (Å²) in [5, 5.41) is 7.16. The van der Waals surface area contributed by atoms with Crippen LogP contribution in [0.1, 0.15) is 39.3 Å². The molecular formula is C22H23F3N4O2. The molecule has 1 amide bonds. The number of pyridine rings is 1. The average molecular weight is 432 g/mol. The first-order valence-electron chi connectivity index (χ1n) is 9.73. The number of alkyl halides is 3. The third-order valence-corrected chi connectivity index (χ3v) is 4.87. The molecule has 3 aromatic rings. The normalized spacial score (nSPS) is 11.4. The van der Waals surface area contributed by atoms with Gasteiger partial charge in [0, 0.05) is 31.4 Å². The van der Waals surface area contributed by atoms with Crippen molar-refractivity contribution in [1.29, 1.82) is 0 Å². The molecule has 0 aliphatic carbocycles.